The van der Waals surface area contributed by atoms with Crippen LogP contribution in [0.2, 0.25) is 0 Å². The summed E-state index contributed by atoms with van der Waals surface area (Å²) in [5, 5.41) is 2.93. The third-order valence-electron chi connectivity index (χ3n) is 4.83. The van der Waals surface area contributed by atoms with E-state index in [2.05, 4.69) is 5.32 Å². The summed E-state index contributed by atoms with van der Waals surface area (Å²) in [6, 6.07) is 9.58. The average Bonchev–Trinajstić information content (AvgIpc) is 2.99. The monoisotopic (exact) mass is 286 g/mol. The van der Waals surface area contributed by atoms with E-state index in [0.717, 1.165) is 31.2 Å². The summed E-state index contributed by atoms with van der Waals surface area (Å²) >= 11 is 0. The fourth-order valence-electron chi connectivity index (χ4n) is 3.60. The molecule has 1 unspecified atom stereocenters. The van der Waals surface area contributed by atoms with Gasteiger partial charge in [0, 0.05) is 6.54 Å². The van der Waals surface area contributed by atoms with Crippen molar-refractivity contribution in [3.8, 4) is 0 Å². The standard InChI is InChI=1S/C17H22N2O2/c1-2-14-15(20)19(12-13-8-4-3-5-9-13)17(16(21)18-14)10-6-7-11-17/h3-5,8-9,14H,2,6-7,10-12H2,1H3,(H,18,21). The predicted octanol–water partition coefficient (Wildman–Crippen LogP) is 2.24. The first-order valence-corrected chi connectivity index (χ1v) is 7.84. The summed E-state index contributed by atoms with van der Waals surface area (Å²) < 4.78 is 0. The molecule has 1 heterocycles. The Morgan fingerprint density at radius 2 is 1.86 bits per heavy atom. The highest BCUT2D eigenvalue weighted by atomic mass is 16.2. The molecule has 1 N–H and O–H groups in total. The zero-order chi connectivity index (χ0) is 14.9. The van der Waals surface area contributed by atoms with Crippen LogP contribution >= 0.6 is 0 Å². The van der Waals surface area contributed by atoms with Crippen LogP contribution in [0.25, 0.3) is 0 Å². The molecule has 2 aliphatic rings. The Morgan fingerprint density at radius 3 is 2.48 bits per heavy atom. The number of carbonyl (C=O) groups excluding carboxylic acids is 2. The largest absolute Gasteiger partial charge is 0.342 e. The molecule has 2 fully saturated rings. The molecule has 2 amide bonds. The van der Waals surface area contributed by atoms with Gasteiger partial charge in [-0.15, -0.1) is 0 Å². The highest BCUT2D eigenvalue weighted by Gasteiger charge is 2.53. The first kappa shape index (κ1) is 14.1. The van der Waals surface area contributed by atoms with E-state index >= 15 is 0 Å². The maximum absolute atomic E-state index is 12.8. The fraction of sp³-hybridized carbons (Fsp3) is 0.529. The Bertz CT molecular complexity index is 535. The second kappa shape index (κ2) is 5.51. The quantitative estimate of drug-likeness (QED) is 0.926. The summed E-state index contributed by atoms with van der Waals surface area (Å²) in [5.41, 5.74) is 0.472. The zero-order valence-corrected chi connectivity index (χ0v) is 12.5. The molecule has 4 nitrogen and oxygen atoms in total. The van der Waals surface area contributed by atoms with Gasteiger partial charge in [0.2, 0.25) is 11.8 Å². The number of rotatable bonds is 3. The minimum absolute atomic E-state index is 0.0439. The summed E-state index contributed by atoms with van der Waals surface area (Å²) in [7, 11) is 0. The molecule has 1 aromatic carbocycles. The smallest absolute Gasteiger partial charge is 0.246 e. The maximum atomic E-state index is 12.8. The third kappa shape index (κ3) is 2.33. The molecule has 0 radical (unpaired) electrons. The van der Waals surface area contributed by atoms with E-state index < -0.39 is 5.54 Å². The lowest BCUT2D eigenvalue weighted by atomic mass is 9.88. The van der Waals surface area contributed by atoms with Gasteiger partial charge in [-0.05, 0) is 24.8 Å². The molecule has 0 bridgehead atoms. The topological polar surface area (TPSA) is 49.4 Å². The van der Waals surface area contributed by atoms with Gasteiger partial charge in [-0.25, -0.2) is 0 Å². The van der Waals surface area contributed by atoms with E-state index in [1.807, 2.05) is 42.2 Å². The number of amides is 2. The molecule has 3 rings (SSSR count). The Kier molecular flexibility index (Phi) is 3.70. The van der Waals surface area contributed by atoms with Gasteiger partial charge in [0.25, 0.3) is 0 Å². The molecule has 1 saturated heterocycles. The predicted molar refractivity (Wildman–Crippen MR) is 80.4 cm³/mol. The molecule has 1 atom stereocenters. The van der Waals surface area contributed by atoms with E-state index in [4.69, 9.17) is 0 Å². The molecular weight excluding hydrogens is 264 g/mol. The molecule has 1 saturated carbocycles. The maximum Gasteiger partial charge on any atom is 0.246 e. The van der Waals surface area contributed by atoms with Crippen LogP contribution < -0.4 is 5.32 Å². The molecule has 1 aliphatic carbocycles. The summed E-state index contributed by atoms with van der Waals surface area (Å²) in [4.78, 5) is 27.3. The fourth-order valence-corrected chi connectivity index (χ4v) is 3.60. The SMILES string of the molecule is CCC1NC(=O)C2(CCCC2)N(Cc2ccccc2)C1=O. The van der Waals surface area contributed by atoms with Gasteiger partial charge in [-0.2, -0.15) is 0 Å². The molecule has 1 aliphatic heterocycles. The van der Waals surface area contributed by atoms with E-state index in [9.17, 15) is 9.59 Å². The molecule has 0 aromatic heterocycles. The van der Waals surface area contributed by atoms with Gasteiger partial charge in [-0.3, -0.25) is 9.59 Å². The van der Waals surface area contributed by atoms with Gasteiger partial charge >= 0.3 is 0 Å². The minimum atomic E-state index is -0.613. The highest BCUT2D eigenvalue weighted by Crippen LogP contribution is 2.39. The van der Waals surface area contributed by atoms with Crippen LogP contribution in [0.5, 0.6) is 0 Å². The molecule has 21 heavy (non-hydrogen) atoms. The highest BCUT2D eigenvalue weighted by molar-refractivity contribution is 6.00. The van der Waals surface area contributed by atoms with Crippen LogP contribution in [0.3, 0.4) is 0 Å². The van der Waals surface area contributed by atoms with Crippen molar-refractivity contribution in [1.82, 2.24) is 10.2 Å². The number of nitrogens with zero attached hydrogens (tertiary/aromatic N) is 1. The van der Waals surface area contributed by atoms with Crippen molar-refractivity contribution in [3.63, 3.8) is 0 Å². The summed E-state index contributed by atoms with van der Waals surface area (Å²) in [6.45, 7) is 2.47. The number of piperazine rings is 1. The van der Waals surface area contributed by atoms with E-state index in [1.54, 1.807) is 0 Å². The second-order valence-electron chi connectivity index (χ2n) is 6.08. The van der Waals surface area contributed by atoms with Gasteiger partial charge in [0.05, 0.1) is 0 Å². The van der Waals surface area contributed by atoms with Crippen LogP contribution in [0.15, 0.2) is 30.3 Å². The lowest BCUT2D eigenvalue weighted by Crippen LogP contribution is -2.69. The van der Waals surface area contributed by atoms with E-state index in [0.29, 0.717) is 13.0 Å². The number of hydrogen-bond acceptors (Lipinski definition) is 2. The van der Waals surface area contributed by atoms with Crippen molar-refractivity contribution in [2.45, 2.75) is 57.2 Å². The van der Waals surface area contributed by atoms with Gasteiger partial charge in [0.1, 0.15) is 11.6 Å². The van der Waals surface area contributed by atoms with E-state index in [-0.39, 0.29) is 17.9 Å². The number of carbonyl (C=O) groups is 2. The summed E-state index contributed by atoms with van der Waals surface area (Å²) in [6.07, 6.45) is 4.25. The van der Waals surface area contributed by atoms with Gasteiger partial charge in [-0.1, -0.05) is 50.1 Å². The first-order valence-electron chi connectivity index (χ1n) is 7.84. The van der Waals surface area contributed by atoms with Crippen molar-refractivity contribution in [3.05, 3.63) is 35.9 Å². The normalized spacial score (nSPS) is 24.4. The van der Waals surface area contributed by atoms with Crippen molar-refractivity contribution in [2.75, 3.05) is 0 Å². The Morgan fingerprint density at radius 1 is 1.19 bits per heavy atom. The van der Waals surface area contributed by atoms with Gasteiger partial charge in [0.15, 0.2) is 0 Å². The molecule has 4 heteroatoms. The Labute approximate surface area is 125 Å². The van der Waals surface area contributed by atoms with Crippen LogP contribution in [0.1, 0.15) is 44.6 Å². The number of hydrogen-bond donors (Lipinski definition) is 1. The number of benzene rings is 1. The van der Waals surface area contributed by atoms with Crippen LogP contribution in [0, 0.1) is 0 Å². The molecule has 1 aromatic rings. The van der Waals surface area contributed by atoms with Crippen molar-refractivity contribution in [2.24, 2.45) is 0 Å². The zero-order valence-electron chi connectivity index (χ0n) is 12.5. The lowest BCUT2D eigenvalue weighted by molar-refractivity contribution is -0.158. The average molecular weight is 286 g/mol. The second-order valence-corrected chi connectivity index (χ2v) is 6.08. The third-order valence-corrected chi connectivity index (χ3v) is 4.83. The van der Waals surface area contributed by atoms with Gasteiger partial charge < -0.3 is 10.2 Å². The molecule has 1 spiro atoms. The van der Waals surface area contributed by atoms with Crippen LogP contribution in [0.4, 0.5) is 0 Å². The van der Waals surface area contributed by atoms with Crippen LogP contribution in [-0.2, 0) is 16.1 Å². The summed E-state index contributed by atoms with van der Waals surface area (Å²) in [5.74, 6) is 0.116. The van der Waals surface area contributed by atoms with Crippen LogP contribution in [-0.4, -0.2) is 28.3 Å². The van der Waals surface area contributed by atoms with Crippen molar-refractivity contribution < 1.29 is 9.59 Å². The Balaban J connectivity index is 1.94. The van der Waals surface area contributed by atoms with E-state index in [1.165, 1.54) is 0 Å². The number of nitrogens with one attached hydrogen (secondary N) is 1. The lowest BCUT2D eigenvalue weighted by Gasteiger charge is -2.46. The Hall–Kier alpha value is -1.84. The molecule has 112 valence electrons. The van der Waals surface area contributed by atoms with Crippen molar-refractivity contribution in [1.29, 1.82) is 0 Å². The molecular formula is C17H22N2O2. The van der Waals surface area contributed by atoms with Crippen molar-refractivity contribution >= 4 is 11.8 Å². The first-order chi connectivity index (χ1) is 10.2. The minimum Gasteiger partial charge on any atom is -0.342 e.